The summed E-state index contributed by atoms with van der Waals surface area (Å²) in [6.45, 7) is 2.46. The van der Waals surface area contributed by atoms with Gasteiger partial charge in [0.1, 0.15) is 11.4 Å². The molecule has 0 aromatic carbocycles. The molecule has 1 aliphatic carbocycles. The van der Waals surface area contributed by atoms with E-state index < -0.39 is 0 Å². The molecule has 0 atom stereocenters. The number of carbonyl (C=O) groups is 1. The Balaban J connectivity index is 2.05. The van der Waals surface area contributed by atoms with E-state index in [1.54, 1.807) is 11.3 Å². The van der Waals surface area contributed by atoms with Crippen molar-refractivity contribution in [1.82, 2.24) is 14.9 Å². The van der Waals surface area contributed by atoms with Gasteiger partial charge in [-0.2, -0.15) is 0 Å². The number of hydrogen-bond acceptors (Lipinski definition) is 4. The molecule has 2 aromatic heterocycles. The molecule has 1 N–H and O–H groups in total. The first-order valence-electron chi connectivity index (χ1n) is 6.47. The van der Waals surface area contributed by atoms with Crippen LogP contribution in [0.25, 0.3) is 10.2 Å². The Morgan fingerprint density at radius 1 is 1.53 bits per heavy atom. The third kappa shape index (κ3) is 2.06. The minimum atomic E-state index is -0.155. The van der Waals surface area contributed by atoms with E-state index in [2.05, 4.69) is 10.3 Å². The van der Waals surface area contributed by atoms with Crippen LogP contribution in [0, 0.1) is 0 Å². The molecular weight excluding hydrogens is 262 g/mol. The maximum absolute atomic E-state index is 12.4. The number of thiophene rings is 1. The molecule has 0 aliphatic heterocycles. The number of likely N-dealkylation sites (N-methyl/N-ethyl adjacent to an activating group) is 1. The molecular formula is C13H15N3O2S. The number of rotatable bonds is 3. The third-order valence-electron chi connectivity index (χ3n) is 3.38. The SMILES string of the molecule is CCNC(=O)Cn1cnc2sc3c(c2c1=O)CCC3. The number of nitrogens with zero attached hydrogens (tertiary/aromatic N) is 2. The van der Waals surface area contributed by atoms with Crippen LogP contribution in [0.2, 0.25) is 0 Å². The Morgan fingerprint density at radius 2 is 2.37 bits per heavy atom. The topological polar surface area (TPSA) is 64.0 Å². The smallest absolute Gasteiger partial charge is 0.262 e. The Labute approximate surface area is 114 Å². The summed E-state index contributed by atoms with van der Waals surface area (Å²) in [6.07, 6.45) is 4.59. The number of fused-ring (bicyclic) bond motifs is 3. The second-order valence-corrected chi connectivity index (χ2v) is 5.75. The van der Waals surface area contributed by atoms with Crippen LogP contribution in [0.3, 0.4) is 0 Å². The highest BCUT2D eigenvalue weighted by Crippen LogP contribution is 2.34. The van der Waals surface area contributed by atoms with Gasteiger partial charge in [-0.05, 0) is 31.7 Å². The highest BCUT2D eigenvalue weighted by molar-refractivity contribution is 7.18. The maximum Gasteiger partial charge on any atom is 0.262 e. The van der Waals surface area contributed by atoms with E-state index in [0.717, 1.165) is 35.0 Å². The lowest BCUT2D eigenvalue weighted by atomic mass is 10.2. The zero-order chi connectivity index (χ0) is 13.4. The summed E-state index contributed by atoms with van der Waals surface area (Å²) in [5.74, 6) is -0.155. The summed E-state index contributed by atoms with van der Waals surface area (Å²) in [5, 5.41) is 3.42. The quantitative estimate of drug-likeness (QED) is 0.913. The van der Waals surface area contributed by atoms with Crippen LogP contribution in [0.4, 0.5) is 0 Å². The molecule has 2 heterocycles. The van der Waals surface area contributed by atoms with Crippen molar-refractivity contribution in [2.24, 2.45) is 0 Å². The first kappa shape index (κ1) is 12.3. The van der Waals surface area contributed by atoms with E-state index in [0.29, 0.717) is 6.54 Å². The van der Waals surface area contributed by atoms with Gasteiger partial charge >= 0.3 is 0 Å². The molecule has 1 amide bonds. The first-order chi connectivity index (χ1) is 9.20. The Morgan fingerprint density at radius 3 is 3.16 bits per heavy atom. The van der Waals surface area contributed by atoms with Gasteiger partial charge in [-0.25, -0.2) is 4.98 Å². The van der Waals surface area contributed by atoms with Crippen molar-refractivity contribution >= 4 is 27.5 Å². The van der Waals surface area contributed by atoms with E-state index >= 15 is 0 Å². The fourth-order valence-corrected chi connectivity index (χ4v) is 3.76. The molecule has 6 heteroatoms. The molecule has 2 aromatic rings. The number of amides is 1. The van der Waals surface area contributed by atoms with Crippen LogP contribution < -0.4 is 10.9 Å². The van der Waals surface area contributed by atoms with Crippen molar-refractivity contribution in [2.75, 3.05) is 6.54 Å². The summed E-state index contributed by atoms with van der Waals surface area (Å²) in [7, 11) is 0. The highest BCUT2D eigenvalue weighted by atomic mass is 32.1. The average Bonchev–Trinajstić information content (AvgIpc) is 2.93. The van der Waals surface area contributed by atoms with Crippen molar-refractivity contribution in [1.29, 1.82) is 0 Å². The Bertz CT molecular complexity index is 702. The van der Waals surface area contributed by atoms with Crippen molar-refractivity contribution in [3.05, 3.63) is 27.1 Å². The van der Waals surface area contributed by atoms with Crippen LogP contribution in [0.1, 0.15) is 23.8 Å². The van der Waals surface area contributed by atoms with Gasteiger partial charge in [0.25, 0.3) is 5.56 Å². The largest absolute Gasteiger partial charge is 0.355 e. The van der Waals surface area contributed by atoms with E-state index in [4.69, 9.17) is 0 Å². The maximum atomic E-state index is 12.4. The molecule has 0 radical (unpaired) electrons. The Hall–Kier alpha value is -1.69. The lowest BCUT2D eigenvalue weighted by Crippen LogP contribution is -2.32. The lowest BCUT2D eigenvalue weighted by Gasteiger charge is -2.05. The summed E-state index contributed by atoms with van der Waals surface area (Å²) >= 11 is 1.61. The molecule has 0 fully saturated rings. The molecule has 19 heavy (non-hydrogen) atoms. The molecule has 0 unspecified atom stereocenters. The molecule has 5 nitrogen and oxygen atoms in total. The highest BCUT2D eigenvalue weighted by Gasteiger charge is 2.21. The summed E-state index contributed by atoms with van der Waals surface area (Å²) in [6, 6.07) is 0. The Kier molecular flexibility index (Phi) is 3.10. The van der Waals surface area contributed by atoms with Gasteiger partial charge in [0, 0.05) is 11.4 Å². The van der Waals surface area contributed by atoms with E-state index in [1.807, 2.05) is 6.92 Å². The average molecular weight is 277 g/mol. The monoisotopic (exact) mass is 277 g/mol. The number of aromatic nitrogens is 2. The van der Waals surface area contributed by atoms with Crippen molar-refractivity contribution in [3.8, 4) is 0 Å². The van der Waals surface area contributed by atoms with Crippen LogP contribution in [0.5, 0.6) is 0 Å². The molecule has 100 valence electrons. The number of carbonyl (C=O) groups excluding carboxylic acids is 1. The van der Waals surface area contributed by atoms with Crippen molar-refractivity contribution in [3.63, 3.8) is 0 Å². The minimum Gasteiger partial charge on any atom is -0.355 e. The molecule has 0 saturated carbocycles. The summed E-state index contributed by atoms with van der Waals surface area (Å²) < 4.78 is 1.40. The molecule has 0 bridgehead atoms. The predicted molar refractivity (Wildman–Crippen MR) is 74.6 cm³/mol. The lowest BCUT2D eigenvalue weighted by molar-refractivity contribution is -0.121. The molecule has 3 rings (SSSR count). The van der Waals surface area contributed by atoms with Gasteiger partial charge in [-0.1, -0.05) is 0 Å². The van der Waals surface area contributed by atoms with Gasteiger partial charge in [0.05, 0.1) is 11.7 Å². The molecule has 0 saturated heterocycles. The van der Waals surface area contributed by atoms with Gasteiger partial charge < -0.3 is 5.32 Å². The van der Waals surface area contributed by atoms with Crippen LogP contribution >= 0.6 is 11.3 Å². The van der Waals surface area contributed by atoms with Gasteiger partial charge in [-0.3, -0.25) is 14.2 Å². The number of aryl methyl sites for hydroxylation is 2. The van der Waals surface area contributed by atoms with Crippen LogP contribution in [0.15, 0.2) is 11.1 Å². The van der Waals surface area contributed by atoms with E-state index in [1.165, 1.54) is 15.8 Å². The van der Waals surface area contributed by atoms with Crippen molar-refractivity contribution < 1.29 is 4.79 Å². The van der Waals surface area contributed by atoms with Crippen LogP contribution in [-0.2, 0) is 24.2 Å². The molecule has 1 aliphatic rings. The first-order valence-corrected chi connectivity index (χ1v) is 7.28. The summed E-state index contributed by atoms with van der Waals surface area (Å²) in [5.41, 5.74) is 1.07. The van der Waals surface area contributed by atoms with Crippen molar-refractivity contribution in [2.45, 2.75) is 32.7 Å². The van der Waals surface area contributed by atoms with E-state index in [-0.39, 0.29) is 18.0 Å². The second kappa shape index (κ2) is 4.77. The van der Waals surface area contributed by atoms with E-state index in [9.17, 15) is 9.59 Å². The van der Waals surface area contributed by atoms with Gasteiger partial charge in [0.2, 0.25) is 5.91 Å². The van der Waals surface area contributed by atoms with Gasteiger partial charge in [0.15, 0.2) is 0 Å². The zero-order valence-electron chi connectivity index (χ0n) is 10.7. The second-order valence-electron chi connectivity index (χ2n) is 4.67. The van der Waals surface area contributed by atoms with Gasteiger partial charge in [-0.15, -0.1) is 11.3 Å². The van der Waals surface area contributed by atoms with Crippen LogP contribution in [-0.4, -0.2) is 22.0 Å². The minimum absolute atomic E-state index is 0.0419. The summed E-state index contributed by atoms with van der Waals surface area (Å²) in [4.78, 5) is 30.4. The zero-order valence-corrected chi connectivity index (χ0v) is 11.5. The standard InChI is InChI=1S/C13H15N3O2S/c1-2-14-10(17)6-16-7-15-12-11(13(16)18)8-4-3-5-9(8)19-12/h7H,2-6H2,1H3,(H,14,17). The molecule has 0 spiro atoms. The predicted octanol–water partition coefficient (Wildman–Crippen LogP) is 1.08. The fraction of sp³-hybridized carbons (Fsp3) is 0.462. The fourth-order valence-electron chi connectivity index (χ4n) is 2.54. The third-order valence-corrected chi connectivity index (χ3v) is 4.58. The normalized spacial score (nSPS) is 13.7. The number of nitrogens with one attached hydrogen (secondary N) is 1. The number of hydrogen-bond donors (Lipinski definition) is 1.